The number of hydrogen-bond donors (Lipinski definition) is 2. The molecule has 1 fully saturated rings. The molecule has 3 rings (SSSR count). The molecule has 2 N–H and O–H groups in total. The summed E-state index contributed by atoms with van der Waals surface area (Å²) >= 11 is 1.89. The van der Waals surface area contributed by atoms with Gasteiger partial charge < -0.3 is 20.1 Å². The molecule has 0 bridgehead atoms. The Morgan fingerprint density at radius 2 is 2.24 bits per heavy atom. The predicted octanol–water partition coefficient (Wildman–Crippen LogP) is 2.23. The number of hydrogen-bond acceptors (Lipinski definition) is 5. The molecular formula is C15H20N2O3S. The summed E-state index contributed by atoms with van der Waals surface area (Å²) in [6, 6.07) is 5.74. The molecule has 6 heteroatoms. The maximum absolute atomic E-state index is 12.1. The van der Waals surface area contributed by atoms with E-state index >= 15 is 0 Å². The van der Waals surface area contributed by atoms with Crippen molar-refractivity contribution in [1.82, 2.24) is 5.32 Å². The van der Waals surface area contributed by atoms with E-state index < -0.39 is 5.79 Å². The van der Waals surface area contributed by atoms with Crippen LogP contribution in [0.4, 0.5) is 5.69 Å². The fourth-order valence-electron chi connectivity index (χ4n) is 2.49. The Bertz CT molecular complexity index is 542. The number of anilines is 1. The van der Waals surface area contributed by atoms with Gasteiger partial charge in [0.25, 0.3) is 0 Å². The number of amides is 1. The number of benzene rings is 1. The van der Waals surface area contributed by atoms with Gasteiger partial charge in [-0.25, -0.2) is 0 Å². The standard InChI is InChI=1S/C15H20N2O3S/c1-15(2)19-12-4-3-10(7-13(12)20-15)17-14(18)8-11-9-21-6-5-16-11/h3-4,7,11,16H,5-6,8-9H2,1-2H3,(H,17,18). The lowest BCUT2D eigenvalue weighted by Crippen LogP contribution is -2.39. The van der Waals surface area contributed by atoms with Crippen LogP contribution in [0.3, 0.4) is 0 Å². The maximum Gasteiger partial charge on any atom is 0.246 e. The van der Waals surface area contributed by atoms with Crippen LogP contribution in [0.2, 0.25) is 0 Å². The fraction of sp³-hybridized carbons (Fsp3) is 0.533. The second-order valence-corrected chi connectivity index (χ2v) is 6.89. The summed E-state index contributed by atoms with van der Waals surface area (Å²) in [5.41, 5.74) is 0.739. The third-order valence-corrected chi connectivity index (χ3v) is 4.50. The van der Waals surface area contributed by atoms with Gasteiger partial charge in [-0.05, 0) is 12.1 Å². The number of ether oxygens (including phenoxy) is 2. The number of carbonyl (C=O) groups is 1. The summed E-state index contributed by atoms with van der Waals surface area (Å²) in [5, 5.41) is 6.28. The first-order valence-electron chi connectivity index (χ1n) is 7.15. The van der Waals surface area contributed by atoms with E-state index in [4.69, 9.17) is 9.47 Å². The monoisotopic (exact) mass is 308 g/mol. The van der Waals surface area contributed by atoms with Crippen molar-refractivity contribution in [1.29, 1.82) is 0 Å². The van der Waals surface area contributed by atoms with Crippen molar-refractivity contribution in [2.24, 2.45) is 0 Å². The van der Waals surface area contributed by atoms with Crippen molar-refractivity contribution >= 4 is 23.4 Å². The summed E-state index contributed by atoms with van der Waals surface area (Å²) in [7, 11) is 0. The molecule has 1 unspecified atom stereocenters. The molecule has 21 heavy (non-hydrogen) atoms. The molecule has 0 saturated carbocycles. The minimum Gasteiger partial charge on any atom is -0.449 e. The molecule has 2 aliphatic rings. The lowest BCUT2D eigenvalue weighted by molar-refractivity contribution is -0.116. The Kier molecular flexibility index (Phi) is 3.99. The fourth-order valence-corrected chi connectivity index (χ4v) is 3.44. The molecule has 1 aromatic rings. The van der Waals surface area contributed by atoms with Crippen LogP contribution in [0.15, 0.2) is 18.2 Å². The van der Waals surface area contributed by atoms with Gasteiger partial charge in [-0.3, -0.25) is 4.79 Å². The van der Waals surface area contributed by atoms with Crippen molar-refractivity contribution in [3.63, 3.8) is 0 Å². The van der Waals surface area contributed by atoms with E-state index in [1.165, 1.54) is 0 Å². The third-order valence-electron chi connectivity index (χ3n) is 3.37. The Morgan fingerprint density at radius 1 is 1.43 bits per heavy atom. The van der Waals surface area contributed by atoms with Crippen LogP contribution in [0.1, 0.15) is 20.3 Å². The van der Waals surface area contributed by atoms with Crippen molar-refractivity contribution in [3.8, 4) is 11.5 Å². The molecule has 2 aliphatic heterocycles. The lowest BCUT2D eigenvalue weighted by atomic mass is 10.2. The zero-order valence-corrected chi connectivity index (χ0v) is 13.1. The minimum atomic E-state index is -0.645. The van der Waals surface area contributed by atoms with Crippen LogP contribution in [0.25, 0.3) is 0 Å². The second-order valence-electron chi connectivity index (χ2n) is 5.74. The number of thioether (sulfide) groups is 1. The van der Waals surface area contributed by atoms with Crippen LogP contribution < -0.4 is 20.1 Å². The summed E-state index contributed by atoms with van der Waals surface area (Å²) < 4.78 is 11.3. The smallest absolute Gasteiger partial charge is 0.246 e. The quantitative estimate of drug-likeness (QED) is 0.897. The van der Waals surface area contributed by atoms with Crippen LogP contribution in [0.5, 0.6) is 11.5 Å². The van der Waals surface area contributed by atoms with Crippen LogP contribution in [-0.4, -0.2) is 35.8 Å². The van der Waals surface area contributed by atoms with Crippen LogP contribution >= 0.6 is 11.8 Å². The van der Waals surface area contributed by atoms with Crippen molar-refractivity contribution < 1.29 is 14.3 Å². The van der Waals surface area contributed by atoms with Gasteiger partial charge >= 0.3 is 0 Å². The van der Waals surface area contributed by atoms with E-state index in [9.17, 15) is 4.79 Å². The molecule has 0 radical (unpaired) electrons. The predicted molar refractivity (Wildman–Crippen MR) is 84.1 cm³/mol. The molecule has 1 saturated heterocycles. The Labute approximate surface area is 128 Å². The highest BCUT2D eigenvalue weighted by molar-refractivity contribution is 7.99. The molecule has 1 amide bonds. The van der Waals surface area contributed by atoms with E-state index in [0.717, 1.165) is 23.7 Å². The summed E-state index contributed by atoms with van der Waals surface area (Å²) in [6.45, 7) is 4.69. The molecule has 0 aliphatic carbocycles. The Balaban J connectivity index is 1.59. The highest BCUT2D eigenvalue weighted by Gasteiger charge is 2.31. The van der Waals surface area contributed by atoms with Gasteiger partial charge in [-0.1, -0.05) is 0 Å². The molecular weight excluding hydrogens is 288 g/mol. The highest BCUT2D eigenvalue weighted by atomic mass is 32.2. The van der Waals surface area contributed by atoms with Gasteiger partial charge in [0, 0.05) is 56.1 Å². The normalized spacial score (nSPS) is 22.9. The van der Waals surface area contributed by atoms with Crippen molar-refractivity contribution in [3.05, 3.63) is 18.2 Å². The Morgan fingerprint density at radius 3 is 3.00 bits per heavy atom. The number of nitrogens with one attached hydrogen (secondary N) is 2. The number of carbonyl (C=O) groups excluding carboxylic acids is 1. The van der Waals surface area contributed by atoms with Gasteiger partial charge in [0.15, 0.2) is 11.5 Å². The van der Waals surface area contributed by atoms with Gasteiger partial charge in [-0.15, -0.1) is 0 Å². The van der Waals surface area contributed by atoms with E-state index in [-0.39, 0.29) is 11.9 Å². The number of rotatable bonds is 3. The lowest BCUT2D eigenvalue weighted by Gasteiger charge is -2.22. The SMILES string of the molecule is CC1(C)Oc2ccc(NC(=O)CC3CSCCN3)cc2O1. The van der Waals surface area contributed by atoms with Crippen molar-refractivity contribution in [2.75, 3.05) is 23.4 Å². The zero-order chi connectivity index (χ0) is 14.9. The average molecular weight is 308 g/mol. The maximum atomic E-state index is 12.1. The summed E-state index contributed by atoms with van der Waals surface area (Å²) in [5.74, 6) is 2.87. The first-order valence-corrected chi connectivity index (χ1v) is 8.30. The zero-order valence-electron chi connectivity index (χ0n) is 12.3. The van der Waals surface area contributed by atoms with Gasteiger partial charge in [0.1, 0.15) is 0 Å². The molecule has 0 aromatic heterocycles. The minimum absolute atomic E-state index is 0.0214. The van der Waals surface area contributed by atoms with Crippen molar-refractivity contribution in [2.45, 2.75) is 32.1 Å². The molecule has 114 valence electrons. The van der Waals surface area contributed by atoms with E-state index in [2.05, 4.69) is 10.6 Å². The largest absolute Gasteiger partial charge is 0.449 e. The van der Waals surface area contributed by atoms with Gasteiger partial charge in [-0.2, -0.15) is 11.8 Å². The second kappa shape index (κ2) is 5.77. The molecule has 5 nitrogen and oxygen atoms in total. The Hall–Kier alpha value is -1.40. The topological polar surface area (TPSA) is 59.6 Å². The molecule has 1 aromatic carbocycles. The first-order chi connectivity index (χ1) is 10.0. The highest BCUT2D eigenvalue weighted by Crippen LogP contribution is 2.40. The number of fused-ring (bicyclic) bond motifs is 1. The molecule has 2 heterocycles. The van der Waals surface area contributed by atoms with E-state index in [0.29, 0.717) is 17.9 Å². The third kappa shape index (κ3) is 3.63. The first kappa shape index (κ1) is 14.5. The average Bonchev–Trinajstić information content (AvgIpc) is 2.73. The van der Waals surface area contributed by atoms with Gasteiger partial charge in [0.05, 0.1) is 0 Å². The van der Waals surface area contributed by atoms with Crippen LogP contribution in [-0.2, 0) is 4.79 Å². The molecule has 1 atom stereocenters. The van der Waals surface area contributed by atoms with E-state index in [1.807, 2.05) is 43.8 Å². The van der Waals surface area contributed by atoms with E-state index in [1.54, 1.807) is 0 Å². The van der Waals surface area contributed by atoms with Gasteiger partial charge in [0.2, 0.25) is 11.7 Å². The summed E-state index contributed by atoms with van der Waals surface area (Å²) in [4.78, 5) is 12.1. The molecule has 0 spiro atoms. The summed E-state index contributed by atoms with van der Waals surface area (Å²) in [6.07, 6.45) is 0.493. The van der Waals surface area contributed by atoms with Crippen LogP contribution in [0, 0.1) is 0 Å².